The highest BCUT2D eigenvalue weighted by Gasteiger charge is 2.23. The number of nitrogens with one attached hydrogen (secondary N) is 3. The predicted molar refractivity (Wildman–Crippen MR) is 123 cm³/mol. The third-order valence-electron chi connectivity index (χ3n) is 5.49. The first kappa shape index (κ1) is 20.0. The van der Waals surface area contributed by atoms with Crippen molar-refractivity contribution in [3.8, 4) is 17.1 Å². The van der Waals surface area contributed by atoms with Gasteiger partial charge in [-0.05, 0) is 49.1 Å². The molecule has 8 nitrogen and oxygen atoms in total. The van der Waals surface area contributed by atoms with Crippen molar-refractivity contribution in [3.05, 3.63) is 66.0 Å². The van der Waals surface area contributed by atoms with E-state index in [-0.39, 0.29) is 5.91 Å². The first-order chi connectivity index (χ1) is 15.7. The number of H-pyrrole nitrogens is 1. The van der Waals surface area contributed by atoms with Crippen molar-refractivity contribution in [1.29, 1.82) is 0 Å². The fourth-order valence-electron chi connectivity index (χ4n) is 3.49. The Balaban J connectivity index is 1.28. The number of amides is 1. The average Bonchev–Trinajstić information content (AvgIpc) is 3.53. The third kappa shape index (κ3) is 4.39. The lowest BCUT2D eigenvalue weighted by Crippen LogP contribution is -2.25. The van der Waals surface area contributed by atoms with Gasteiger partial charge in [-0.1, -0.05) is 24.3 Å². The molecular weight excluding hydrogens is 404 g/mol. The van der Waals surface area contributed by atoms with Crippen molar-refractivity contribution in [1.82, 2.24) is 25.3 Å². The fraction of sp³-hybridized carbons (Fsp3) is 0.250. The van der Waals surface area contributed by atoms with Gasteiger partial charge in [0.05, 0.1) is 7.11 Å². The molecule has 0 saturated heterocycles. The van der Waals surface area contributed by atoms with Crippen LogP contribution in [0.15, 0.2) is 54.9 Å². The number of imidazole rings is 1. The van der Waals surface area contributed by atoms with E-state index in [1.807, 2.05) is 36.4 Å². The topological polar surface area (TPSA) is 105 Å². The zero-order valence-corrected chi connectivity index (χ0v) is 17.8. The van der Waals surface area contributed by atoms with Crippen LogP contribution in [0.3, 0.4) is 0 Å². The van der Waals surface area contributed by atoms with E-state index in [0.717, 1.165) is 42.6 Å². The van der Waals surface area contributed by atoms with Gasteiger partial charge in [0.1, 0.15) is 23.4 Å². The molecule has 1 amide bonds. The molecule has 0 atom stereocenters. The van der Waals surface area contributed by atoms with Crippen LogP contribution in [0.1, 0.15) is 28.8 Å². The van der Waals surface area contributed by atoms with Crippen LogP contribution in [-0.2, 0) is 6.42 Å². The molecule has 2 heterocycles. The van der Waals surface area contributed by atoms with Crippen LogP contribution in [0.25, 0.3) is 22.6 Å². The number of aromatic amines is 1. The molecule has 0 aliphatic heterocycles. The lowest BCUT2D eigenvalue weighted by atomic mass is 10.1. The molecule has 1 fully saturated rings. The summed E-state index contributed by atoms with van der Waals surface area (Å²) in [6.07, 6.45) is 4.50. The number of benzene rings is 2. The van der Waals surface area contributed by atoms with Gasteiger partial charge in [-0.3, -0.25) is 4.79 Å². The van der Waals surface area contributed by atoms with E-state index >= 15 is 0 Å². The second kappa shape index (κ2) is 8.66. The van der Waals surface area contributed by atoms with E-state index in [2.05, 4.69) is 42.7 Å². The first-order valence-corrected chi connectivity index (χ1v) is 10.7. The van der Waals surface area contributed by atoms with E-state index < -0.39 is 0 Å². The molecule has 3 N–H and O–H groups in total. The van der Waals surface area contributed by atoms with Gasteiger partial charge >= 0.3 is 0 Å². The van der Waals surface area contributed by atoms with Crippen molar-refractivity contribution >= 4 is 22.9 Å². The van der Waals surface area contributed by atoms with E-state index in [1.54, 1.807) is 7.11 Å². The lowest BCUT2D eigenvalue weighted by Gasteiger charge is -2.07. The van der Waals surface area contributed by atoms with Crippen molar-refractivity contribution < 1.29 is 9.53 Å². The summed E-state index contributed by atoms with van der Waals surface area (Å²) >= 11 is 0. The maximum absolute atomic E-state index is 12.2. The summed E-state index contributed by atoms with van der Waals surface area (Å²) in [5.41, 5.74) is 4.09. The number of rotatable bonds is 8. The predicted octanol–water partition coefficient (Wildman–Crippen LogP) is 3.58. The van der Waals surface area contributed by atoms with Crippen LogP contribution in [0, 0.1) is 0 Å². The molecule has 0 bridgehead atoms. The van der Waals surface area contributed by atoms with Crippen LogP contribution in [0.2, 0.25) is 0 Å². The summed E-state index contributed by atoms with van der Waals surface area (Å²) in [6, 6.07) is 15.8. The smallest absolute Gasteiger partial charge is 0.251 e. The normalized spacial score (nSPS) is 13.2. The highest BCUT2D eigenvalue weighted by atomic mass is 16.5. The molecule has 2 aromatic heterocycles. The maximum Gasteiger partial charge on any atom is 0.251 e. The molecule has 0 radical (unpaired) electrons. The van der Waals surface area contributed by atoms with Crippen LogP contribution in [0.4, 0.5) is 5.82 Å². The number of carbonyl (C=O) groups excluding carboxylic acids is 1. The quantitative estimate of drug-likeness (QED) is 0.396. The van der Waals surface area contributed by atoms with Crippen molar-refractivity contribution in [2.75, 3.05) is 19.0 Å². The van der Waals surface area contributed by atoms with Gasteiger partial charge in [-0.15, -0.1) is 0 Å². The zero-order chi connectivity index (χ0) is 21.9. The van der Waals surface area contributed by atoms with E-state index in [1.165, 1.54) is 11.9 Å². The lowest BCUT2D eigenvalue weighted by molar-refractivity contribution is 0.0951. The van der Waals surface area contributed by atoms with Crippen LogP contribution < -0.4 is 15.4 Å². The second-order valence-electron chi connectivity index (χ2n) is 7.86. The van der Waals surface area contributed by atoms with Gasteiger partial charge in [0.25, 0.3) is 5.91 Å². The van der Waals surface area contributed by atoms with Gasteiger partial charge in [0.15, 0.2) is 11.5 Å². The summed E-state index contributed by atoms with van der Waals surface area (Å²) in [5, 5.41) is 6.37. The summed E-state index contributed by atoms with van der Waals surface area (Å²) in [6.45, 7) is 0.720. The Labute approximate surface area is 185 Å². The summed E-state index contributed by atoms with van der Waals surface area (Å²) < 4.78 is 5.20. The standard InChI is InChI=1S/C24H24N6O2/c1-32-19-10-2-15(3-11-19)12-13-25-22-20-23(27-14-26-22)30-21(29-20)16-4-6-17(7-5-16)24(31)28-18-8-9-18/h2-7,10-11,14,18H,8-9,12-13H2,1H3,(H,28,31)(H2,25,26,27,29,30). The Morgan fingerprint density at radius 1 is 1.09 bits per heavy atom. The highest BCUT2D eigenvalue weighted by molar-refractivity contribution is 5.95. The molecule has 2 aromatic carbocycles. The molecule has 8 heteroatoms. The summed E-state index contributed by atoms with van der Waals surface area (Å²) in [7, 11) is 1.66. The highest BCUT2D eigenvalue weighted by Crippen LogP contribution is 2.24. The van der Waals surface area contributed by atoms with Crippen LogP contribution in [0.5, 0.6) is 5.75 Å². The number of ether oxygens (including phenoxy) is 1. The molecule has 1 saturated carbocycles. The molecule has 0 unspecified atom stereocenters. The largest absolute Gasteiger partial charge is 0.497 e. The number of hydrogen-bond acceptors (Lipinski definition) is 6. The average molecular weight is 428 g/mol. The molecular formula is C24H24N6O2. The van der Waals surface area contributed by atoms with Gasteiger partial charge in [0.2, 0.25) is 0 Å². The fourth-order valence-corrected chi connectivity index (χ4v) is 3.49. The third-order valence-corrected chi connectivity index (χ3v) is 5.49. The number of methoxy groups -OCH3 is 1. The molecule has 5 rings (SSSR count). The van der Waals surface area contributed by atoms with E-state index in [4.69, 9.17) is 4.74 Å². The number of anilines is 1. The first-order valence-electron chi connectivity index (χ1n) is 10.7. The Morgan fingerprint density at radius 2 is 1.88 bits per heavy atom. The summed E-state index contributed by atoms with van der Waals surface area (Å²) in [4.78, 5) is 28.8. The van der Waals surface area contributed by atoms with Gasteiger partial charge in [-0.2, -0.15) is 0 Å². The molecule has 0 spiro atoms. The minimum absolute atomic E-state index is 0.0298. The number of nitrogens with zero attached hydrogens (tertiary/aromatic N) is 3. The van der Waals surface area contributed by atoms with Gasteiger partial charge < -0.3 is 20.4 Å². The molecule has 1 aliphatic rings. The van der Waals surface area contributed by atoms with E-state index in [0.29, 0.717) is 28.9 Å². The maximum atomic E-state index is 12.2. The number of hydrogen-bond donors (Lipinski definition) is 3. The van der Waals surface area contributed by atoms with Gasteiger partial charge in [-0.25, -0.2) is 15.0 Å². The Morgan fingerprint density at radius 3 is 2.59 bits per heavy atom. The molecule has 32 heavy (non-hydrogen) atoms. The van der Waals surface area contributed by atoms with Crippen molar-refractivity contribution in [2.24, 2.45) is 0 Å². The minimum atomic E-state index is -0.0298. The van der Waals surface area contributed by atoms with E-state index in [9.17, 15) is 4.79 Å². The van der Waals surface area contributed by atoms with Gasteiger partial charge in [0, 0.05) is 23.7 Å². The van der Waals surface area contributed by atoms with Crippen molar-refractivity contribution in [3.63, 3.8) is 0 Å². The molecule has 1 aliphatic carbocycles. The van der Waals surface area contributed by atoms with Crippen molar-refractivity contribution in [2.45, 2.75) is 25.3 Å². The zero-order valence-electron chi connectivity index (χ0n) is 17.8. The Hall–Kier alpha value is -3.94. The monoisotopic (exact) mass is 428 g/mol. The molecule has 4 aromatic rings. The van der Waals surface area contributed by atoms with Crippen LogP contribution >= 0.6 is 0 Å². The Bertz CT molecular complexity index is 1230. The SMILES string of the molecule is COc1ccc(CCNc2ncnc3nc(-c4ccc(C(=O)NC5CC5)cc4)[nH]c23)cc1. The number of aromatic nitrogens is 4. The minimum Gasteiger partial charge on any atom is -0.497 e. The number of fused-ring (bicyclic) bond motifs is 1. The second-order valence-corrected chi connectivity index (χ2v) is 7.86. The van der Waals surface area contributed by atoms with Crippen LogP contribution in [-0.4, -0.2) is 45.5 Å². The number of carbonyl (C=O) groups is 1. The summed E-state index contributed by atoms with van der Waals surface area (Å²) in [5.74, 6) is 2.22. The Kier molecular flexibility index (Phi) is 5.41. The molecule has 162 valence electrons.